The van der Waals surface area contributed by atoms with Gasteiger partial charge in [0, 0.05) is 18.7 Å². The van der Waals surface area contributed by atoms with Gasteiger partial charge in [-0.1, -0.05) is 68.3 Å². The van der Waals surface area contributed by atoms with Crippen molar-refractivity contribution in [3.8, 4) is 0 Å². The molecule has 0 unspecified atom stereocenters. The normalized spacial score (nSPS) is 20.2. The van der Waals surface area contributed by atoms with Crippen molar-refractivity contribution in [3.63, 3.8) is 0 Å². The smallest absolute Gasteiger partial charge is 0.254 e. The Bertz CT molecular complexity index is 856. The summed E-state index contributed by atoms with van der Waals surface area (Å²) in [4.78, 5) is 28.9. The van der Waals surface area contributed by atoms with E-state index < -0.39 is 5.54 Å². The van der Waals surface area contributed by atoms with Crippen molar-refractivity contribution in [1.82, 2.24) is 10.2 Å². The quantitative estimate of drug-likeness (QED) is 0.847. The Balaban J connectivity index is 1.82. The minimum Gasteiger partial charge on any atom is -0.356 e. The van der Waals surface area contributed by atoms with Crippen LogP contribution in [0, 0.1) is 0 Å². The van der Waals surface area contributed by atoms with Crippen molar-refractivity contribution in [3.05, 3.63) is 71.3 Å². The second kappa shape index (κ2) is 7.78. The highest BCUT2D eigenvalue weighted by Crippen LogP contribution is 2.50. The summed E-state index contributed by atoms with van der Waals surface area (Å²) in [5.41, 5.74) is 2.24. The molecule has 28 heavy (non-hydrogen) atoms. The van der Waals surface area contributed by atoms with Crippen LogP contribution < -0.4 is 5.32 Å². The highest BCUT2D eigenvalue weighted by molar-refractivity contribution is 6.02. The highest BCUT2D eigenvalue weighted by Gasteiger charge is 2.55. The Morgan fingerprint density at radius 3 is 2.46 bits per heavy atom. The monoisotopic (exact) mass is 376 g/mol. The SMILES string of the molecule is CCCNC(=O)[C@H]1c2ccccc2C(=O)N(Cc2ccccc2)C12CCCC2. The Morgan fingerprint density at radius 2 is 1.75 bits per heavy atom. The molecule has 4 rings (SSSR count). The first-order chi connectivity index (χ1) is 13.7. The number of fused-ring (bicyclic) bond motifs is 1. The molecule has 2 amide bonds. The Morgan fingerprint density at radius 1 is 1.07 bits per heavy atom. The number of carbonyl (C=O) groups is 2. The molecule has 2 aliphatic rings. The van der Waals surface area contributed by atoms with Gasteiger partial charge in [0.15, 0.2) is 0 Å². The van der Waals surface area contributed by atoms with Crippen LogP contribution in [-0.4, -0.2) is 28.8 Å². The molecule has 1 heterocycles. The van der Waals surface area contributed by atoms with E-state index in [4.69, 9.17) is 0 Å². The fourth-order valence-corrected chi connectivity index (χ4v) is 5.01. The Hall–Kier alpha value is -2.62. The molecule has 1 N–H and O–H groups in total. The van der Waals surface area contributed by atoms with Crippen LogP contribution in [0.3, 0.4) is 0 Å². The first-order valence-corrected chi connectivity index (χ1v) is 10.4. The maximum Gasteiger partial charge on any atom is 0.254 e. The van der Waals surface area contributed by atoms with Gasteiger partial charge in [-0.2, -0.15) is 0 Å². The molecule has 0 radical (unpaired) electrons. The van der Waals surface area contributed by atoms with Crippen molar-refractivity contribution in [2.75, 3.05) is 6.54 Å². The van der Waals surface area contributed by atoms with Crippen LogP contribution in [0.5, 0.6) is 0 Å². The van der Waals surface area contributed by atoms with Crippen LogP contribution >= 0.6 is 0 Å². The third-order valence-corrected chi connectivity index (χ3v) is 6.29. The molecule has 1 atom stereocenters. The standard InChI is InChI=1S/C24H28N2O2/c1-2-16-25-22(27)21-19-12-6-7-13-20(19)23(28)26(24(21)14-8-9-15-24)17-18-10-4-3-5-11-18/h3-7,10-13,21H,2,8-9,14-17H2,1H3,(H,25,27)/t21-/m1/s1. The predicted octanol–water partition coefficient (Wildman–Crippen LogP) is 4.27. The molecule has 1 fully saturated rings. The molecule has 2 aromatic carbocycles. The van der Waals surface area contributed by atoms with E-state index in [0.29, 0.717) is 18.7 Å². The first-order valence-electron chi connectivity index (χ1n) is 10.4. The van der Waals surface area contributed by atoms with Crippen LogP contribution in [0.4, 0.5) is 0 Å². The van der Waals surface area contributed by atoms with Gasteiger partial charge in [-0.15, -0.1) is 0 Å². The first kappa shape index (κ1) is 18.7. The second-order valence-corrected chi connectivity index (χ2v) is 8.00. The molecule has 146 valence electrons. The van der Waals surface area contributed by atoms with E-state index in [1.165, 1.54) is 0 Å². The molecule has 4 nitrogen and oxygen atoms in total. The van der Waals surface area contributed by atoms with Crippen LogP contribution in [-0.2, 0) is 11.3 Å². The van der Waals surface area contributed by atoms with E-state index in [-0.39, 0.29) is 17.7 Å². The van der Waals surface area contributed by atoms with Gasteiger partial charge in [0.1, 0.15) is 0 Å². The number of benzene rings is 2. The van der Waals surface area contributed by atoms with Crippen molar-refractivity contribution in [2.45, 2.75) is 57.0 Å². The van der Waals surface area contributed by atoms with Crippen LogP contribution in [0.1, 0.15) is 66.4 Å². The van der Waals surface area contributed by atoms with Gasteiger partial charge >= 0.3 is 0 Å². The summed E-state index contributed by atoms with van der Waals surface area (Å²) in [5.74, 6) is -0.193. The van der Waals surface area contributed by atoms with Crippen molar-refractivity contribution >= 4 is 11.8 Å². The third-order valence-electron chi connectivity index (χ3n) is 6.29. The topological polar surface area (TPSA) is 49.4 Å². The number of nitrogens with zero attached hydrogens (tertiary/aromatic N) is 1. The summed E-state index contributed by atoms with van der Waals surface area (Å²) >= 11 is 0. The van der Waals surface area contributed by atoms with Crippen molar-refractivity contribution < 1.29 is 9.59 Å². The summed E-state index contributed by atoms with van der Waals surface area (Å²) in [5, 5.41) is 3.12. The third kappa shape index (κ3) is 3.11. The molecule has 0 saturated heterocycles. The van der Waals surface area contributed by atoms with Gasteiger partial charge in [0.05, 0.1) is 11.5 Å². The lowest BCUT2D eigenvalue weighted by Gasteiger charge is -2.50. The molecular formula is C24H28N2O2. The van der Waals surface area contributed by atoms with Crippen LogP contribution in [0.2, 0.25) is 0 Å². The van der Waals surface area contributed by atoms with E-state index in [2.05, 4.69) is 24.4 Å². The molecule has 1 spiro atoms. The zero-order chi connectivity index (χ0) is 19.6. The zero-order valence-electron chi connectivity index (χ0n) is 16.5. The van der Waals surface area contributed by atoms with Gasteiger partial charge in [0.25, 0.3) is 5.91 Å². The molecule has 0 bridgehead atoms. The fraction of sp³-hybridized carbons (Fsp3) is 0.417. The summed E-state index contributed by atoms with van der Waals surface area (Å²) in [6.07, 6.45) is 4.77. The second-order valence-electron chi connectivity index (χ2n) is 8.00. The molecule has 0 aromatic heterocycles. The molecule has 1 saturated carbocycles. The van der Waals surface area contributed by atoms with E-state index >= 15 is 0 Å². The summed E-state index contributed by atoms with van der Waals surface area (Å²) in [6.45, 7) is 3.28. The van der Waals surface area contributed by atoms with Gasteiger partial charge < -0.3 is 10.2 Å². The van der Waals surface area contributed by atoms with Gasteiger partial charge in [-0.25, -0.2) is 0 Å². The summed E-state index contributed by atoms with van der Waals surface area (Å²) < 4.78 is 0. The van der Waals surface area contributed by atoms with Gasteiger partial charge in [-0.3, -0.25) is 9.59 Å². The number of rotatable bonds is 5. The van der Waals surface area contributed by atoms with Crippen LogP contribution in [0.15, 0.2) is 54.6 Å². The lowest BCUT2D eigenvalue weighted by Crippen LogP contribution is -2.60. The van der Waals surface area contributed by atoms with E-state index in [9.17, 15) is 9.59 Å². The number of carbonyl (C=O) groups excluding carboxylic acids is 2. The maximum absolute atomic E-state index is 13.6. The average Bonchev–Trinajstić information content (AvgIpc) is 3.20. The molecule has 2 aromatic rings. The van der Waals surface area contributed by atoms with E-state index in [0.717, 1.165) is 43.2 Å². The van der Waals surface area contributed by atoms with Crippen LogP contribution in [0.25, 0.3) is 0 Å². The number of hydrogen-bond donors (Lipinski definition) is 1. The molecule has 4 heteroatoms. The van der Waals surface area contributed by atoms with Crippen molar-refractivity contribution in [2.24, 2.45) is 0 Å². The van der Waals surface area contributed by atoms with E-state index in [1.807, 2.05) is 47.4 Å². The number of amides is 2. The highest BCUT2D eigenvalue weighted by atomic mass is 16.2. The van der Waals surface area contributed by atoms with Gasteiger partial charge in [0.2, 0.25) is 5.91 Å². The van der Waals surface area contributed by atoms with Crippen molar-refractivity contribution in [1.29, 1.82) is 0 Å². The molecular weight excluding hydrogens is 348 g/mol. The molecule has 1 aliphatic heterocycles. The van der Waals surface area contributed by atoms with Gasteiger partial charge in [-0.05, 0) is 36.5 Å². The lowest BCUT2D eigenvalue weighted by molar-refractivity contribution is -0.126. The Kier molecular flexibility index (Phi) is 5.21. The predicted molar refractivity (Wildman–Crippen MR) is 110 cm³/mol. The Labute approximate surface area is 166 Å². The minimum atomic E-state index is -0.431. The summed E-state index contributed by atoms with van der Waals surface area (Å²) in [7, 11) is 0. The minimum absolute atomic E-state index is 0.0564. The molecule has 1 aliphatic carbocycles. The summed E-state index contributed by atoms with van der Waals surface area (Å²) in [6, 6.07) is 17.8. The fourth-order valence-electron chi connectivity index (χ4n) is 5.01. The average molecular weight is 377 g/mol. The largest absolute Gasteiger partial charge is 0.356 e. The number of hydrogen-bond acceptors (Lipinski definition) is 2. The maximum atomic E-state index is 13.6. The zero-order valence-corrected chi connectivity index (χ0v) is 16.5. The number of nitrogens with one attached hydrogen (secondary N) is 1. The van der Waals surface area contributed by atoms with E-state index in [1.54, 1.807) is 0 Å². The lowest BCUT2D eigenvalue weighted by atomic mass is 9.71.